The largest absolute Gasteiger partial charge is 0.481 e. The number of rotatable bonds is 19. The van der Waals surface area contributed by atoms with Crippen LogP contribution in [-0.2, 0) is 55.4 Å². The first-order chi connectivity index (χ1) is 23.6. The topological polar surface area (TPSA) is 353 Å². The van der Waals surface area contributed by atoms with Gasteiger partial charge < -0.3 is 50.5 Å². The Hall–Kier alpha value is -2.60. The van der Waals surface area contributed by atoms with E-state index in [0.29, 0.717) is 12.3 Å². The van der Waals surface area contributed by atoms with Gasteiger partial charge in [0.25, 0.3) is 5.91 Å². The summed E-state index contributed by atoms with van der Waals surface area (Å²) < 4.78 is 67.4. The normalized spacial score (nSPS) is 22.5. The summed E-state index contributed by atoms with van der Waals surface area (Å²) in [4.78, 5) is 87.4. The number of hydrogen-bond acceptors (Lipinski definition) is 18. The molecular formula is C23H38N7O17P3S. The predicted octanol–water partition coefficient (Wildman–Crippen LogP) is -1.09. The number of anilines is 1. The van der Waals surface area contributed by atoms with E-state index in [4.69, 9.17) is 24.3 Å². The highest BCUT2D eigenvalue weighted by atomic mass is 32.1. The Morgan fingerprint density at radius 3 is 2.37 bits per heavy atom. The van der Waals surface area contributed by atoms with Gasteiger partial charge in [-0.3, -0.25) is 32.5 Å². The zero-order chi connectivity index (χ0) is 38.4. The molecule has 2 aromatic rings. The third-order valence-electron chi connectivity index (χ3n) is 6.75. The predicted molar refractivity (Wildman–Crippen MR) is 173 cm³/mol. The van der Waals surface area contributed by atoms with Crippen LogP contribution < -0.4 is 16.4 Å². The number of thiol groups is 1. The average Bonchev–Trinajstić information content (AvgIpc) is 3.57. The number of nitrogens with one attached hydrogen (secondary N) is 2. The number of ether oxygens (including phenoxy) is 2. The quantitative estimate of drug-likeness (QED) is 0.0462. The van der Waals surface area contributed by atoms with Crippen LogP contribution in [0.4, 0.5) is 5.82 Å². The van der Waals surface area contributed by atoms with Crippen LogP contribution in [0.5, 0.6) is 0 Å². The zero-order valence-corrected chi connectivity index (χ0v) is 30.7. The maximum absolute atomic E-state index is 12.8. The van der Waals surface area contributed by atoms with Crippen LogP contribution in [0.2, 0.25) is 0 Å². The Morgan fingerprint density at radius 2 is 1.75 bits per heavy atom. The summed E-state index contributed by atoms with van der Waals surface area (Å²) in [6, 6.07) is 0. The summed E-state index contributed by atoms with van der Waals surface area (Å²) >= 11 is 3.96. The van der Waals surface area contributed by atoms with E-state index >= 15 is 0 Å². The molecular weight excluding hydrogens is 771 g/mol. The monoisotopic (exact) mass is 809 g/mol. The number of imidazole rings is 1. The third-order valence-corrected chi connectivity index (χ3v) is 10.1. The first-order valence-corrected chi connectivity index (χ1v) is 19.7. The van der Waals surface area contributed by atoms with Crippen molar-refractivity contribution in [3.05, 3.63) is 12.7 Å². The molecule has 1 fully saturated rings. The molecule has 9 N–H and O–H groups in total. The van der Waals surface area contributed by atoms with Gasteiger partial charge in [-0.2, -0.15) is 16.9 Å². The van der Waals surface area contributed by atoms with Gasteiger partial charge in [0.05, 0.1) is 19.5 Å². The first kappa shape index (κ1) is 42.8. The number of nitrogens with two attached hydrogens (primary N) is 1. The summed E-state index contributed by atoms with van der Waals surface area (Å²) in [5.74, 6) is -1.85. The van der Waals surface area contributed by atoms with Gasteiger partial charge in [-0.05, 0) is 0 Å². The minimum absolute atomic E-state index is 0.0289. The number of carbonyl (C=O) groups is 3. The summed E-state index contributed by atoms with van der Waals surface area (Å²) in [5, 5.41) is 15.8. The lowest BCUT2D eigenvalue weighted by molar-refractivity contribution is -0.163. The van der Waals surface area contributed by atoms with Crippen molar-refractivity contribution in [2.75, 3.05) is 37.8 Å². The van der Waals surface area contributed by atoms with E-state index in [1.165, 1.54) is 13.8 Å². The summed E-state index contributed by atoms with van der Waals surface area (Å²) in [6.45, 7) is 1.70. The van der Waals surface area contributed by atoms with E-state index in [0.717, 1.165) is 24.1 Å². The molecule has 0 saturated carbocycles. The number of amides is 2. The Balaban J connectivity index is 1.66. The van der Waals surface area contributed by atoms with Gasteiger partial charge in [-0.15, -0.1) is 0 Å². The second-order valence-electron chi connectivity index (χ2n) is 11.4. The average molecular weight is 810 g/mol. The SMILES string of the molecule is CC(=O)O[C@@H](C(=O)NCCC(=O)NCCS)C(C)(C)COP(=O)(O)OP(=O)(O)OC[C@H]1O[C@@H](n2cnc3c(N)ncnc32)[C@H](O)[C@@H]1OP(=O)(O)O. The summed E-state index contributed by atoms with van der Waals surface area (Å²) in [5.41, 5.74) is 4.29. The number of esters is 1. The number of aliphatic hydroxyl groups is 1. The molecule has 0 bridgehead atoms. The Kier molecular flexibility index (Phi) is 14.7. The highest BCUT2D eigenvalue weighted by molar-refractivity contribution is 7.80. The van der Waals surface area contributed by atoms with Gasteiger partial charge in [0.15, 0.2) is 23.8 Å². The molecule has 1 aliphatic heterocycles. The molecule has 7 atom stereocenters. The lowest BCUT2D eigenvalue weighted by Crippen LogP contribution is -2.48. The van der Waals surface area contributed by atoms with E-state index in [1.54, 1.807) is 0 Å². The number of nitrogen functional groups attached to an aromatic ring is 1. The van der Waals surface area contributed by atoms with Gasteiger partial charge in [-0.1, -0.05) is 13.8 Å². The molecule has 2 aromatic heterocycles. The maximum Gasteiger partial charge on any atom is 0.481 e. The Bertz CT molecular complexity index is 1710. The molecule has 0 aromatic carbocycles. The summed E-state index contributed by atoms with van der Waals surface area (Å²) in [7, 11) is -16.4. The minimum Gasteiger partial charge on any atom is -0.452 e. The van der Waals surface area contributed by atoms with Gasteiger partial charge in [0, 0.05) is 37.6 Å². The molecule has 28 heteroatoms. The van der Waals surface area contributed by atoms with Crippen LogP contribution >= 0.6 is 36.1 Å². The van der Waals surface area contributed by atoms with Crippen molar-refractivity contribution < 1.29 is 80.1 Å². The first-order valence-electron chi connectivity index (χ1n) is 14.5. The van der Waals surface area contributed by atoms with Crippen LogP contribution in [-0.4, -0.2) is 118 Å². The van der Waals surface area contributed by atoms with Crippen LogP contribution in [0.3, 0.4) is 0 Å². The fourth-order valence-corrected chi connectivity index (χ4v) is 7.45. The lowest BCUT2D eigenvalue weighted by Gasteiger charge is -2.32. The van der Waals surface area contributed by atoms with Crippen molar-refractivity contribution in [2.24, 2.45) is 5.41 Å². The second kappa shape index (κ2) is 17.5. The number of fused-ring (bicyclic) bond motifs is 1. The Morgan fingerprint density at radius 1 is 1.08 bits per heavy atom. The molecule has 51 heavy (non-hydrogen) atoms. The van der Waals surface area contributed by atoms with E-state index in [2.05, 4.69) is 47.0 Å². The number of nitrogens with zero attached hydrogens (tertiary/aromatic N) is 4. The Labute approximate surface area is 294 Å². The standard InChI is InChI=1S/C23H38N7O17P3S/c1-12(31)44-18(21(34)26-5-4-14(32)25-6-7-51)23(2,3)9-43-50(40,41)47-49(38,39)42-8-13-17(46-48(35,36)37)16(33)22(45-13)30-11-29-15-19(24)27-10-28-20(15)30/h10-11,13,16-18,22,33,51H,4-9H2,1-3H3,(H,25,32)(H,26,34)(H,38,39)(H,40,41)(H2,24,27,28)(H2,35,36,37)/t13-,16-,17-,18+,22-/m1/s1. The molecule has 3 heterocycles. The highest BCUT2D eigenvalue weighted by Gasteiger charge is 2.50. The van der Waals surface area contributed by atoms with Crippen LogP contribution in [0.25, 0.3) is 11.2 Å². The molecule has 2 unspecified atom stereocenters. The molecule has 2 amide bonds. The molecule has 1 saturated heterocycles. The molecule has 3 rings (SSSR count). The number of carbonyl (C=O) groups excluding carboxylic acids is 3. The van der Waals surface area contributed by atoms with E-state index in [9.17, 15) is 52.8 Å². The smallest absolute Gasteiger partial charge is 0.452 e. The van der Waals surface area contributed by atoms with Crippen LogP contribution in [0, 0.1) is 5.41 Å². The van der Waals surface area contributed by atoms with Gasteiger partial charge in [0.2, 0.25) is 5.91 Å². The zero-order valence-electron chi connectivity index (χ0n) is 27.1. The number of phosphoric acid groups is 3. The van der Waals surface area contributed by atoms with Crippen molar-refractivity contribution >= 4 is 70.9 Å². The van der Waals surface area contributed by atoms with Crippen molar-refractivity contribution in [1.82, 2.24) is 30.2 Å². The van der Waals surface area contributed by atoms with E-state index in [-0.39, 0.29) is 29.9 Å². The molecule has 0 aliphatic carbocycles. The maximum atomic E-state index is 12.8. The fraction of sp³-hybridized carbons (Fsp3) is 0.652. The highest BCUT2D eigenvalue weighted by Crippen LogP contribution is 2.61. The fourth-order valence-electron chi connectivity index (χ4n) is 4.51. The minimum atomic E-state index is -5.58. The summed E-state index contributed by atoms with van der Waals surface area (Å²) in [6.07, 6.45) is -6.65. The van der Waals surface area contributed by atoms with Gasteiger partial charge >= 0.3 is 29.4 Å². The number of aromatic nitrogens is 4. The van der Waals surface area contributed by atoms with Gasteiger partial charge in [-0.25, -0.2) is 28.6 Å². The molecule has 1 aliphatic rings. The van der Waals surface area contributed by atoms with Gasteiger partial charge in [0.1, 0.15) is 30.2 Å². The van der Waals surface area contributed by atoms with E-state index < -0.39 is 90.5 Å². The van der Waals surface area contributed by atoms with Crippen molar-refractivity contribution in [3.63, 3.8) is 0 Å². The third kappa shape index (κ3) is 12.5. The molecule has 0 spiro atoms. The van der Waals surface area contributed by atoms with Crippen molar-refractivity contribution in [2.45, 2.75) is 57.8 Å². The molecule has 24 nitrogen and oxygen atoms in total. The molecule has 0 radical (unpaired) electrons. The number of phosphoric ester groups is 3. The lowest BCUT2D eigenvalue weighted by atomic mass is 9.86. The van der Waals surface area contributed by atoms with Crippen molar-refractivity contribution in [1.29, 1.82) is 0 Å². The van der Waals surface area contributed by atoms with Crippen LogP contribution in [0.1, 0.15) is 33.4 Å². The number of hydrogen-bond donors (Lipinski definition) is 9. The van der Waals surface area contributed by atoms with Crippen molar-refractivity contribution in [3.8, 4) is 0 Å². The molecule has 288 valence electrons. The van der Waals surface area contributed by atoms with Crippen LogP contribution in [0.15, 0.2) is 12.7 Å². The second-order valence-corrected chi connectivity index (χ2v) is 16.1. The number of aliphatic hydroxyl groups excluding tert-OH is 1. The van der Waals surface area contributed by atoms with E-state index in [1.807, 2.05) is 0 Å².